The van der Waals surface area contributed by atoms with E-state index in [1.54, 1.807) is 17.9 Å². The minimum absolute atomic E-state index is 0.000512. The number of rotatable bonds is 5. The molecule has 2 amide bonds. The van der Waals surface area contributed by atoms with Gasteiger partial charge in [-0.05, 0) is 44.7 Å². The Labute approximate surface area is 184 Å². The maximum absolute atomic E-state index is 13.2. The number of piperidine rings is 2. The van der Waals surface area contributed by atoms with Crippen LogP contribution in [0.3, 0.4) is 0 Å². The van der Waals surface area contributed by atoms with Crippen LogP contribution in [-0.2, 0) is 4.79 Å². The lowest BCUT2D eigenvalue weighted by molar-refractivity contribution is -0.138. The van der Waals surface area contributed by atoms with E-state index in [2.05, 4.69) is 14.9 Å². The molecular formula is C22H26F2N4O4. The van der Waals surface area contributed by atoms with Crippen molar-refractivity contribution in [2.24, 2.45) is 5.92 Å². The van der Waals surface area contributed by atoms with E-state index in [1.807, 2.05) is 4.90 Å². The molecule has 2 aromatic rings. The Morgan fingerprint density at radius 1 is 1.12 bits per heavy atom. The molecule has 1 aromatic carbocycles. The molecule has 3 heterocycles. The van der Waals surface area contributed by atoms with Crippen molar-refractivity contribution in [1.29, 1.82) is 0 Å². The smallest absolute Gasteiger partial charge is 0.387 e. The molecule has 2 aliphatic heterocycles. The van der Waals surface area contributed by atoms with Crippen molar-refractivity contribution in [3.05, 3.63) is 41.5 Å². The fourth-order valence-electron chi connectivity index (χ4n) is 4.49. The number of hydrogen-bond acceptors (Lipinski definition) is 6. The Balaban J connectivity index is 1.42. The molecule has 0 unspecified atom stereocenters. The quantitative estimate of drug-likeness (QED) is 0.698. The first kappa shape index (κ1) is 22.2. The van der Waals surface area contributed by atoms with E-state index in [0.717, 1.165) is 12.8 Å². The van der Waals surface area contributed by atoms with E-state index in [4.69, 9.17) is 4.52 Å². The van der Waals surface area contributed by atoms with E-state index in [-0.39, 0.29) is 35.6 Å². The van der Waals surface area contributed by atoms with Gasteiger partial charge in [-0.1, -0.05) is 17.3 Å². The number of aromatic nitrogens is 2. The molecule has 1 aromatic heterocycles. The molecule has 172 valence electrons. The highest BCUT2D eigenvalue weighted by molar-refractivity contribution is 5.97. The van der Waals surface area contributed by atoms with Crippen molar-refractivity contribution in [2.75, 3.05) is 26.2 Å². The van der Waals surface area contributed by atoms with Crippen LogP contribution in [0.15, 0.2) is 28.8 Å². The van der Waals surface area contributed by atoms with E-state index in [9.17, 15) is 18.4 Å². The summed E-state index contributed by atoms with van der Waals surface area (Å²) in [6, 6.07) is 5.95. The topological polar surface area (TPSA) is 88.8 Å². The molecule has 0 N–H and O–H groups in total. The SMILES string of the molecule is Cc1noc([C@@H]2CCCN(C(=O)[C@@H]3CCCN(C(=O)c4ccccc4OC(F)F)C3)C2)n1. The molecule has 10 heteroatoms. The standard InChI is InChI=1S/C22H26F2N4O4/c1-14-25-19(32-26-14)15-6-4-10-27(12-15)20(29)16-7-5-11-28(13-16)21(30)17-8-2-3-9-18(17)31-22(23)24/h2-3,8-9,15-16,22H,4-7,10-13H2,1H3/t15-,16-/m1/s1. The van der Waals surface area contributed by atoms with Crippen molar-refractivity contribution in [1.82, 2.24) is 19.9 Å². The summed E-state index contributed by atoms with van der Waals surface area (Å²) in [5.74, 6) is 0.233. The normalized spacial score (nSPS) is 21.6. The highest BCUT2D eigenvalue weighted by Crippen LogP contribution is 2.29. The van der Waals surface area contributed by atoms with Gasteiger partial charge in [0.05, 0.1) is 17.4 Å². The summed E-state index contributed by atoms with van der Waals surface area (Å²) >= 11 is 0. The van der Waals surface area contributed by atoms with Crippen molar-refractivity contribution in [2.45, 2.75) is 45.1 Å². The van der Waals surface area contributed by atoms with E-state index in [0.29, 0.717) is 44.2 Å². The van der Waals surface area contributed by atoms with Crippen LogP contribution in [0.2, 0.25) is 0 Å². The Hall–Kier alpha value is -3.04. The maximum Gasteiger partial charge on any atom is 0.387 e. The van der Waals surface area contributed by atoms with Crippen LogP contribution in [0.5, 0.6) is 5.75 Å². The summed E-state index contributed by atoms with van der Waals surface area (Å²) in [4.78, 5) is 34.0. The zero-order valence-electron chi connectivity index (χ0n) is 17.9. The van der Waals surface area contributed by atoms with Crippen LogP contribution in [0, 0.1) is 12.8 Å². The molecule has 0 bridgehead atoms. The van der Waals surface area contributed by atoms with Gasteiger partial charge in [-0.3, -0.25) is 9.59 Å². The van der Waals surface area contributed by atoms with Crippen molar-refractivity contribution < 1.29 is 27.6 Å². The maximum atomic E-state index is 13.2. The molecule has 0 aliphatic carbocycles. The van der Waals surface area contributed by atoms with Gasteiger partial charge in [-0.15, -0.1) is 0 Å². The zero-order valence-corrected chi connectivity index (χ0v) is 17.9. The largest absolute Gasteiger partial charge is 0.434 e. The van der Waals surface area contributed by atoms with Crippen LogP contribution >= 0.6 is 0 Å². The highest BCUT2D eigenvalue weighted by Gasteiger charge is 2.35. The predicted molar refractivity (Wildman–Crippen MR) is 109 cm³/mol. The first-order valence-electron chi connectivity index (χ1n) is 10.8. The molecular weight excluding hydrogens is 422 g/mol. The second kappa shape index (κ2) is 9.62. The van der Waals surface area contributed by atoms with Gasteiger partial charge in [0.15, 0.2) is 5.82 Å². The zero-order chi connectivity index (χ0) is 22.7. The summed E-state index contributed by atoms with van der Waals surface area (Å²) in [6.07, 6.45) is 3.06. The fourth-order valence-corrected chi connectivity index (χ4v) is 4.49. The lowest BCUT2D eigenvalue weighted by Gasteiger charge is -2.37. The molecule has 2 atom stereocenters. The minimum atomic E-state index is -3.02. The minimum Gasteiger partial charge on any atom is -0.434 e. The van der Waals surface area contributed by atoms with Gasteiger partial charge in [0.2, 0.25) is 11.8 Å². The number of nitrogens with zero attached hydrogens (tertiary/aromatic N) is 4. The Bertz CT molecular complexity index is 967. The Morgan fingerprint density at radius 2 is 1.88 bits per heavy atom. The summed E-state index contributed by atoms with van der Waals surface area (Å²) in [7, 11) is 0. The van der Waals surface area contributed by atoms with Crippen LogP contribution in [0.1, 0.15) is 53.7 Å². The molecule has 2 saturated heterocycles. The molecule has 8 nitrogen and oxygen atoms in total. The van der Waals surface area contributed by atoms with E-state index < -0.39 is 12.5 Å². The third-order valence-corrected chi connectivity index (χ3v) is 6.02. The molecule has 0 saturated carbocycles. The van der Waals surface area contributed by atoms with Crippen LogP contribution < -0.4 is 4.74 Å². The lowest BCUT2D eigenvalue weighted by Crippen LogP contribution is -2.49. The highest BCUT2D eigenvalue weighted by atomic mass is 19.3. The number of halogens is 2. The summed E-state index contributed by atoms with van der Waals surface area (Å²) in [5, 5.41) is 3.84. The monoisotopic (exact) mass is 448 g/mol. The third kappa shape index (κ3) is 4.89. The lowest BCUT2D eigenvalue weighted by atomic mass is 9.92. The number of para-hydroxylation sites is 1. The number of likely N-dealkylation sites (tertiary alicyclic amines) is 2. The molecule has 32 heavy (non-hydrogen) atoms. The van der Waals surface area contributed by atoms with Gasteiger partial charge in [0, 0.05) is 26.2 Å². The molecule has 4 rings (SSSR count). The first-order chi connectivity index (χ1) is 15.4. The number of amides is 2. The average Bonchev–Trinajstić information content (AvgIpc) is 3.24. The van der Waals surface area contributed by atoms with Crippen molar-refractivity contribution in [3.8, 4) is 5.75 Å². The molecule has 2 aliphatic rings. The molecule has 0 spiro atoms. The van der Waals surface area contributed by atoms with Gasteiger partial charge in [-0.2, -0.15) is 13.8 Å². The van der Waals surface area contributed by atoms with Gasteiger partial charge in [-0.25, -0.2) is 0 Å². The Kier molecular flexibility index (Phi) is 6.66. The van der Waals surface area contributed by atoms with Crippen LogP contribution in [0.25, 0.3) is 0 Å². The fraction of sp³-hybridized carbons (Fsp3) is 0.545. The van der Waals surface area contributed by atoms with Crippen LogP contribution in [0.4, 0.5) is 8.78 Å². The van der Waals surface area contributed by atoms with Gasteiger partial charge in [0.25, 0.3) is 5.91 Å². The van der Waals surface area contributed by atoms with E-state index >= 15 is 0 Å². The number of carbonyl (C=O) groups excluding carboxylic acids is 2. The number of hydrogen-bond donors (Lipinski definition) is 0. The van der Waals surface area contributed by atoms with Gasteiger partial charge in [0.1, 0.15) is 5.75 Å². The Morgan fingerprint density at radius 3 is 2.62 bits per heavy atom. The molecule has 2 fully saturated rings. The van der Waals surface area contributed by atoms with E-state index in [1.165, 1.54) is 18.2 Å². The second-order valence-corrected chi connectivity index (χ2v) is 8.27. The second-order valence-electron chi connectivity index (χ2n) is 8.27. The van der Waals surface area contributed by atoms with Crippen molar-refractivity contribution in [3.63, 3.8) is 0 Å². The number of aryl methyl sites for hydroxylation is 1. The number of carbonyl (C=O) groups is 2. The van der Waals surface area contributed by atoms with Gasteiger partial charge < -0.3 is 19.1 Å². The summed E-state index contributed by atoms with van der Waals surface area (Å²) in [5.41, 5.74) is 0.0747. The number of benzene rings is 1. The number of ether oxygens (including phenoxy) is 1. The van der Waals surface area contributed by atoms with Gasteiger partial charge >= 0.3 is 6.61 Å². The summed E-state index contributed by atoms with van der Waals surface area (Å²) in [6.45, 7) is 0.622. The first-order valence-corrected chi connectivity index (χ1v) is 10.8. The molecule has 0 radical (unpaired) electrons. The average molecular weight is 448 g/mol. The summed E-state index contributed by atoms with van der Waals surface area (Å²) < 4.78 is 35.2. The third-order valence-electron chi connectivity index (χ3n) is 6.02. The van der Waals surface area contributed by atoms with Crippen molar-refractivity contribution >= 4 is 11.8 Å². The predicted octanol–water partition coefficient (Wildman–Crippen LogP) is 3.24. The van der Waals surface area contributed by atoms with Crippen LogP contribution in [-0.4, -0.2) is 64.5 Å². The number of alkyl halides is 2.